The van der Waals surface area contributed by atoms with E-state index in [0.29, 0.717) is 0 Å². The third kappa shape index (κ3) is 2.38. The molecule has 1 saturated carbocycles. The molecule has 17 heavy (non-hydrogen) atoms. The van der Waals surface area contributed by atoms with Crippen LogP contribution in [0.2, 0.25) is 0 Å². The van der Waals surface area contributed by atoms with Crippen LogP contribution >= 0.6 is 0 Å². The maximum Gasteiger partial charge on any atom is 0.0480 e. The van der Waals surface area contributed by atoms with E-state index in [4.69, 9.17) is 11.5 Å². The first-order valence-electron chi connectivity index (χ1n) is 6.39. The first-order valence-corrected chi connectivity index (χ1v) is 6.39. The van der Waals surface area contributed by atoms with E-state index in [-0.39, 0.29) is 17.0 Å². The Morgan fingerprint density at radius 3 is 2.24 bits per heavy atom. The highest BCUT2D eigenvalue weighted by molar-refractivity contribution is 5.38. The van der Waals surface area contributed by atoms with Crippen molar-refractivity contribution in [3.63, 3.8) is 0 Å². The van der Waals surface area contributed by atoms with E-state index < -0.39 is 0 Å². The van der Waals surface area contributed by atoms with Crippen molar-refractivity contribution in [2.45, 2.75) is 57.5 Å². The molecule has 1 aliphatic rings. The molecule has 1 fully saturated rings. The Kier molecular flexibility index (Phi) is 2.83. The fraction of sp³-hybridized carbons (Fsp3) is 0.600. The molecule has 2 rings (SSSR count). The summed E-state index contributed by atoms with van der Waals surface area (Å²) in [7, 11) is 0. The van der Waals surface area contributed by atoms with Crippen LogP contribution in [0.5, 0.6) is 0 Å². The molecule has 2 nitrogen and oxygen atoms in total. The molecule has 0 saturated heterocycles. The van der Waals surface area contributed by atoms with Crippen LogP contribution in [0.3, 0.4) is 0 Å². The first-order chi connectivity index (χ1) is 7.74. The van der Waals surface area contributed by atoms with E-state index in [9.17, 15) is 0 Å². The number of nitrogens with two attached hydrogens (primary N) is 2. The third-order valence-electron chi connectivity index (χ3n) is 3.92. The van der Waals surface area contributed by atoms with E-state index in [2.05, 4.69) is 45.9 Å². The van der Waals surface area contributed by atoms with Crippen molar-refractivity contribution < 1.29 is 0 Å². The Hall–Kier alpha value is -0.860. The summed E-state index contributed by atoms with van der Waals surface area (Å²) >= 11 is 0. The quantitative estimate of drug-likeness (QED) is 0.823. The number of benzene rings is 1. The van der Waals surface area contributed by atoms with Gasteiger partial charge in [0.1, 0.15) is 0 Å². The van der Waals surface area contributed by atoms with Crippen LogP contribution in [0.25, 0.3) is 0 Å². The Balaban J connectivity index is 2.32. The molecule has 0 radical (unpaired) electrons. The van der Waals surface area contributed by atoms with Crippen molar-refractivity contribution in [1.82, 2.24) is 0 Å². The van der Waals surface area contributed by atoms with Crippen molar-refractivity contribution in [3.8, 4) is 0 Å². The summed E-state index contributed by atoms with van der Waals surface area (Å²) in [5, 5.41) is 0. The van der Waals surface area contributed by atoms with Gasteiger partial charge in [-0.3, -0.25) is 0 Å². The number of hydrogen-bond donors (Lipinski definition) is 2. The summed E-state index contributed by atoms with van der Waals surface area (Å²) in [6, 6.07) is 6.58. The highest BCUT2D eigenvalue weighted by Crippen LogP contribution is 2.43. The molecule has 4 N–H and O–H groups in total. The average molecular weight is 232 g/mol. The summed E-state index contributed by atoms with van der Waals surface area (Å²) in [6.45, 7) is 8.82. The summed E-state index contributed by atoms with van der Waals surface area (Å²) in [4.78, 5) is 0. The molecule has 0 bridgehead atoms. The second-order valence-electron chi connectivity index (χ2n) is 6.53. The summed E-state index contributed by atoms with van der Waals surface area (Å²) in [5.41, 5.74) is 16.3. The highest BCUT2D eigenvalue weighted by atomic mass is 14.9. The normalized spacial score (nSPS) is 20.1. The van der Waals surface area contributed by atoms with E-state index in [1.165, 1.54) is 16.7 Å². The van der Waals surface area contributed by atoms with Gasteiger partial charge in [0.25, 0.3) is 0 Å². The lowest BCUT2D eigenvalue weighted by atomic mass is 9.84. The van der Waals surface area contributed by atoms with Gasteiger partial charge >= 0.3 is 0 Å². The number of rotatable bonds is 2. The van der Waals surface area contributed by atoms with Crippen LogP contribution in [0, 0.1) is 6.92 Å². The maximum absolute atomic E-state index is 6.27. The van der Waals surface area contributed by atoms with Crippen molar-refractivity contribution in [2.75, 3.05) is 0 Å². The topological polar surface area (TPSA) is 52.0 Å². The lowest BCUT2D eigenvalue weighted by molar-refractivity contribution is 0.532. The van der Waals surface area contributed by atoms with E-state index >= 15 is 0 Å². The SMILES string of the molecule is Cc1cc(C(C)(C)C)ccc1C(N)C1(N)CC1. The summed E-state index contributed by atoms with van der Waals surface area (Å²) in [6.07, 6.45) is 2.10. The Bertz CT molecular complexity index is 425. The molecule has 0 aliphatic heterocycles. The summed E-state index contributed by atoms with van der Waals surface area (Å²) in [5.74, 6) is 0. The molecular formula is C15H24N2. The van der Waals surface area contributed by atoms with Gasteiger partial charge in [0, 0.05) is 11.6 Å². The second-order valence-corrected chi connectivity index (χ2v) is 6.53. The van der Waals surface area contributed by atoms with Crippen LogP contribution in [-0.4, -0.2) is 5.54 Å². The molecular weight excluding hydrogens is 208 g/mol. The lowest BCUT2D eigenvalue weighted by Crippen LogP contribution is -2.36. The van der Waals surface area contributed by atoms with Crippen molar-refractivity contribution >= 4 is 0 Å². The van der Waals surface area contributed by atoms with Gasteiger partial charge in [0.2, 0.25) is 0 Å². The van der Waals surface area contributed by atoms with Crippen molar-refractivity contribution in [2.24, 2.45) is 11.5 Å². The van der Waals surface area contributed by atoms with E-state index in [1.807, 2.05) is 0 Å². The Morgan fingerprint density at radius 2 is 1.82 bits per heavy atom. The molecule has 0 spiro atoms. The van der Waals surface area contributed by atoms with Gasteiger partial charge in [0.15, 0.2) is 0 Å². The number of hydrogen-bond acceptors (Lipinski definition) is 2. The zero-order valence-corrected chi connectivity index (χ0v) is 11.4. The lowest BCUT2D eigenvalue weighted by Gasteiger charge is -2.24. The van der Waals surface area contributed by atoms with Gasteiger partial charge in [-0.2, -0.15) is 0 Å². The monoisotopic (exact) mass is 232 g/mol. The minimum Gasteiger partial charge on any atom is -0.323 e. The molecule has 0 heterocycles. The standard InChI is InChI=1S/C15H24N2/c1-10-9-11(14(2,3)4)5-6-12(10)13(16)15(17)7-8-15/h5-6,9,13H,7-8,16-17H2,1-4H3. The third-order valence-corrected chi connectivity index (χ3v) is 3.92. The predicted molar refractivity (Wildman–Crippen MR) is 73.0 cm³/mol. The Labute approximate surface area is 104 Å². The van der Waals surface area contributed by atoms with Crippen LogP contribution in [0.1, 0.15) is 56.3 Å². The predicted octanol–water partition coefficient (Wildman–Crippen LogP) is 2.78. The van der Waals surface area contributed by atoms with Crippen LogP contribution < -0.4 is 11.5 Å². The van der Waals surface area contributed by atoms with Crippen molar-refractivity contribution in [1.29, 1.82) is 0 Å². The van der Waals surface area contributed by atoms with Gasteiger partial charge < -0.3 is 11.5 Å². The van der Waals surface area contributed by atoms with Gasteiger partial charge in [-0.15, -0.1) is 0 Å². The van der Waals surface area contributed by atoms with E-state index in [0.717, 1.165) is 12.8 Å². The summed E-state index contributed by atoms with van der Waals surface area (Å²) < 4.78 is 0. The average Bonchev–Trinajstić information content (AvgIpc) is 2.95. The van der Waals surface area contributed by atoms with Gasteiger partial charge in [-0.1, -0.05) is 39.0 Å². The first kappa shape index (κ1) is 12.6. The second kappa shape index (κ2) is 3.82. The highest BCUT2D eigenvalue weighted by Gasteiger charge is 2.45. The smallest absolute Gasteiger partial charge is 0.0480 e. The molecule has 1 atom stereocenters. The molecule has 1 aliphatic carbocycles. The molecule has 2 heteroatoms. The largest absolute Gasteiger partial charge is 0.323 e. The zero-order valence-electron chi connectivity index (χ0n) is 11.4. The molecule has 1 unspecified atom stereocenters. The van der Waals surface area contributed by atoms with Gasteiger partial charge in [0.05, 0.1) is 0 Å². The zero-order chi connectivity index (χ0) is 12.8. The molecule has 1 aromatic rings. The molecule has 0 aromatic heterocycles. The van der Waals surface area contributed by atoms with Crippen LogP contribution in [0.4, 0.5) is 0 Å². The number of aryl methyl sites for hydroxylation is 1. The molecule has 0 amide bonds. The van der Waals surface area contributed by atoms with Crippen LogP contribution in [0.15, 0.2) is 18.2 Å². The van der Waals surface area contributed by atoms with Gasteiger partial charge in [-0.25, -0.2) is 0 Å². The minimum absolute atomic E-state index is 0.0171. The molecule has 1 aromatic carbocycles. The minimum atomic E-state index is -0.145. The van der Waals surface area contributed by atoms with E-state index in [1.54, 1.807) is 0 Å². The van der Waals surface area contributed by atoms with Crippen LogP contribution in [-0.2, 0) is 5.41 Å². The molecule has 94 valence electrons. The van der Waals surface area contributed by atoms with Gasteiger partial charge in [-0.05, 0) is 41.9 Å². The fourth-order valence-corrected chi connectivity index (χ4v) is 2.26. The Morgan fingerprint density at radius 1 is 1.24 bits per heavy atom. The fourth-order valence-electron chi connectivity index (χ4n) is 2.26. The maximum atomic E-state index is 6.27. The van der Waals surface area contributed by atoms with Crippen molar-refractivity contribution in [3.05, 3.63) is 34.9 Å².